The minimum Gasteiger partial charge on any atom is -0.493 e. The molecule has 2 heterocycles. The van der Waals surface area contributed by atoms with Gasteiger partial charge in [-0.05, 0) is 59.2 Å². The van der Waals surface area contributed by atoms with Crippen LogP contribution in [0.3, 0.4) is 0 Å². The van der Waals surface area contributed by atoms with Crippen LogP contribution < -0.4 is 47.4 Å². The topological polar surface area (TPSA) is 162 Å². The van der Waals surface area contributed by atoms with Crippen molar-refractivity contribution in [2.75, 3.05) is 125 Å². The lowest BCUT2D eigenvalue weighted by molar-refractivity contribution is -0.941. The summed E-state index contributed by atoms with van der Waals surface area (Å²) in [7, 11) is 20.2. The van der Waals surface area contributed by atoms with E-state index in [-0.39, 0.29) is 25.3 Å². The molecule has 6 rings (SSSR count). The summed E-state index contributed by atoms with van der Waals surface area (Å²) in [6, 6.07) is 13.3. The maximum Gasteiger partial charge on any atom is 0.331 e. The summed E-state index contributed by atoms with van der Waals surface area (Å²) in [5, 5.41) is 0. The summed E-state index contributed by atoms with van der Waals surface area (Å²) >= 11 is 0. The van der Waals surface area contributed by atoms with Crippen molar-refractivity contribution in [3.05, 3.63) is 93.6 Å². The Labute approximate surface area is 417 Å². The molecular formula is C54H70N2O15+2. The Bertz CT molecular complexity index is 2550. The number of nitrogens with zero attached hydrogens (tertiary/aromatic N) is 2. The van der Waals surface area contributed by atoms with Gasteiger partial charge in [-0.1, -0.05) is 0 Å². The molecule has 4 aromatic rings. The third-order valence-corrected chi connectivity index (χ3v) is 14.0. The molecule has 4 aromatic carbocycles. The first-order valence-corrected chi connectivity index (χ1v) is 23.5. The van der Waals surface area contributed by atoms with Crippen molar-refractivity contribution in [2.45, 2.75) is 44.2 Å². The third-order valence-electron chi connectivity index (χ3n) is 14.0. The zero-order valence-corrected chi connectivity index (χ0v) is 43.2. The van der Waals surface area contributed by atoms with Gasteiger partial charge in [0.15, 0.2) is 52.3 Å². The molecule has 71 heavy (non-hydrogen) atoms. The molecule has 2 aliphatic heterocycles. The molecule has 0 aliphatic carbocycles. The maximum absolute atomic E-state index is 12.9. The van der Waals surface area contributed by atoms with Gasteiger partial charge in [0.2, 0.25) is 11.5 Å². The largest absolute Gasteiger partial charge is 0.493 e. The smallest absolute Gasteiger partial charge is 0.331 e. The monoisotopic (exact) mass is 986 g/mol. The van der Waals surface area contributed by atoms with Gasteiger partial charge in [0, 0.05) is 55.4 Å². The van der Waals surface area contributed by atoms with Crippen molar-refractivity contribution in [1.29, 1.82) is 0 Å². The van der Waals surface area contributed by atoms with Crippen LogP contribution in [0.25, 0.3) is 0 Å². The Morgan fingerprint density at radius 1 is 0.535 bits per heavy atom. The van der Waals surface area contributed by atoms with E-state index in [0.29, 0.717) is 104 Å². The van der Waals surface area contributed by atoms with E-state index < -0.39 is 11.9 Å². The Morgan fingerprint density at radius 2 is 1.01 bits per heavy atom. The normalized spacial score (nSPS) is 19.1. The van der Waals surface area contributed by atoms with Gasteiger partial charge >= 0.3 is 11.9 Å². The highest BCUT2D eigenvalue weighted by Crippen LogP contribution is 2.51. The number of ether oxygens (including phenoxy) is 12. The molecule has 0 amide bonds. The van der Waals surface area contributed by atoms with Gasteiger partial charge in [-0.3, -0.25) is 4.79 Å². The summed E-state index contributed by atoms with van der Waals surface area (Å²) in [6.07, 6.45) is 6.09. The number of likely N-dealkylation sites (N-methyl/N-ethyl adjacent to an activating group) is 2. The van der Waals surface area contributed by atoms with Gasteiger partial charge in [-0.15, -0.1) is 0 Å². The molecule has 0 aromatic heterocycles. The lowest BCUT2D eigenvalue weighted by atomic mass is 9.85. The molecule has 4 atom stereocenters. The van der Waals surface area contributed by atoms with Crippen LogP contribution >= 0.6 is 0 Å². The molecule has 0 spiro atoms. The third kappa shape index (κ3) is 11.4. The minimum atomic E-state index is -0.654. The SMILES string of the molecule is COc1cc2c(cc1OC)C(c1cc(C=O)c(OC)c(OC)c1)[N+](C)(CCCOC(=O)/C=C\C(=O)OCCC[N+]1(C)CCc3cc(OC)c(OC)c(OC)c3C1Cc1cc(OC)c(OC)c(OC)c1)CC2. The van der Waals surface area contributed by atoms with Crippen molar-refractivity contribution in [2.24, 2.45) is 0 Å². The summed E-state index contributed by atoms with van der Waals surface area (Å²) in [4.78, 5) is 38.2. The second kappa shape index (κ2) is 23.8. The van der Waals surface area contributed by atoms with E-state index in [1.54, 1.807) is 56.9 Å². The van der Waals surface area contributed by atoms with Gasteiger partial charge in [-0.2, -0.15) is 0 Å². The Hall–Kier alpha value is -6.85. The lowest BCUT2D eigenvalue weighted by Crippen LogP contribution is -2.52. The number of esters is 2. The number of methoxy groups -OCH3 is 10. The number of hydrogen-bond acceptors (Lipinski definition) is 15. The molecule has 0 bridgehead atoms. The highest BCUT2D eigenvalue weighted by atomic mass is 16.6. The van der Waals surface area contributed by atoms with Crippen LogP contribution in [0.2, 0.25) is 0 Å². The molecule has 2 aliphatic rings. The fourth-order valence-corrected chi connectivity index (χ4v) is 10.4. The summed E-state index contributed by atoms with van der Waals surface area (Å²) in [5.74, 6) is 4.03. The summed E-state index contributed by atoms with van der Waals surface area (Å²) < 4.78 is 69.6. The minimum absolute atomic E-state index is 0.115. The Kier molecular flexibility index (Phi) is 18.0. The van der Waals surface area contributed by atoms with Crippen molar-refractivity contribution in [3.63, 3.8) is 0 Å². The molecule has 0 saturated carbocycles. The summed E-state index contributed by atoms with van der Waals surface area (Å²) in [6.45, 7) is 3.04. The predicted molar refractivity (Wildman–Crippen MR) is 265 cm³/mol. The average Bonchev–Trinajstić information content (AvgIpc) is 3.39. The second-order valence-electron chi connectivity index (χ2n) is 18.0. The van der Waals surface area contributed by atoms with E-state index in [1.165, 1.54) is 14.2 Å². The molecule has 4 unspecified atom stereocenters. The first-order valence-electron chi connectivity index (χ1n) is 23.5. The van der Waals surface area contributed by atoms with E-state index >= 15 is 0 Å². The number of fused-ring (bicyclic) bond motifs is 2. The van der Waals surface area contributed by atoms with Gasteiger partial charge in [0.05, 0.1) is 136 Å². The molecular weight excluding hydrogens is 917 g/mol. The van der Waals surface area contributed by atoms with Crippen LogP contribution in [-0.4, -0.2) is 152 Å². The van der Waals surface area contributed by atoms with Crippen LogP contribution in [0, 0.1) is 0 Å². The van der Waals surface area contributed by atoms with Gasteiger partial charge < -0.3 is 65.8 Å². The second-order valence-corrected chi connectivity index (χ2v) is 18.0. The van der Waals surface area contributed by atoms with Crippen molar-refractivity contribution >= 4 is 18.2 Å². The van der Waals surface area contributed by atoms with Gasteiger partial charge in [0.25, 0.3) is 0 Å². The average molecular weight is 987 g/mol. The Morgan fingerprint density at radius 3 is 1.55 bits per heavy atom. The molecule has 0 saturated heterocycles. The van der Waals surface area contributed by atoms with Crippen molar-refractivity contribution in [3.8, 4) is 57.5 Å². The van der Waals surface area contributed by atoms with Crippen molar-refractivity contribution < 1.29 is 80.2 Å². The zero-order valence-electron chi connectivity index (χ0n) is 43.2. The highest BCUT2D eigenvalue weighted by molar-refractivity contribution is 5.91. The number of benzene rings is 4. The fraction of sp³-hybridized carbons (Fsp3) is 0.463. The standard InChI is InChI=1S/C54H70N2O15/c1-55(21-18-36-30-46(65-8)53(68-11)54(69-12)49(36)40(55)25-34-26-43(62-5)52(67-10)44(27-34)63-6)19-13-23-70-47(58)15-16-48(59)71-24-14-20-56(2)22-17-35-29-41(60-3)42(61-4)32-39(35)50(56)37-28-38(33-57)51(66-9)45(31-37)64-7/h15-16,26-33,40,50H,13-14,17-25H2,1-12H3/q+2/b16-15-. The molecule has 0 radical (unpaired) electrons. The highest BCUT2D eigenvalue weighted by Gasteiger charge is 2.44. The molecule has 17 nitrogen and oxygen atoms in total. The van der Waals surface area contributed by atoms with E-state index in [4.69, 9.17) is 56.8 Å². The van der Waals surface area contributed by atoms with Crippen molar-refractivity contribution in [1.82, 2.24) is 0 Å². The van der Waals surface area contributed by atoms with Crippen LogP contribution in [-0.2, 0) is 38.3 Å². The van der Waals surface area contributed by atoms with E-state index in [1.807, 2.05) is 42.5 Å². The van der Waals surface area contributed by atoms with E-state index in [9.17, 15) is 14.4 Å². The fourth-order valence-electron chi connectivity index (χ4n) is 10.4. The number of quaternary nitrogens is 2. The van der Waals surface area contributed by atoms with E-state index in [2.05, 4.69) is 14.1 Å². The maximum atomic E-state index is 12.9. The van der Waals surface area contributed by atoms with Gasteiger partial charge in [-0.25, -0.2) is 9.59 Å². The molecule has 0 fully saturated rings. The van der Waals surface area contributed by atoms with Crippen LogP contribution in [0.15, 0.2) is 54.6 Å². The molecule has 0 N–H and O–H groups in total. The Balaban J connectivity index is 1.10. The molecule has 17 heteroatoms. The number of carbonyl (C=O) groups excluding carboxylic acids is 3. The quantitative estimate of drug-likeness (QED) is 0.0230. The van der Waals surface area contributed by atoms with Crippen LogP contribution in [0.4, 0.5) is 0 Å². The van der Waals surface area contributed by atoms with E-state index in [0.717, 1.165) is 77.8 Å². The number of rotatable bonds is 24. The van der Waals surface area contributed by atoms with Crippen LogP contribution in [0.1, 0.15) is 68.7 Å². The lowest BCUT2D eigenvalue weighted by Gasteiger charge is -2.46. The van der Waals surface area contributed by atoms with Gasteiger partial charge in [0.1, 0.15) is 12.1 Å². The number of hydrogen-bond donors (Lipinski definition) is 0. The predicted octanol–water partition coefficient (Wildman–Crippen LogP) is 7.09. The molecule has 384 valence electrons. The van der Waals surface area contributed by atoms with Crippen LogP contribution in [0.5, 0.6) is 57.5 Å². The first kappa shape index (κ1) is 53.5. The number of carbonyl (C=O) groups is 3. The number of aldehydes is 1. The zero-order chi connectivity index (χ0) is 51.5. The first-order chi connectivity index (χ1) is 34.2. The summed E-state index contributed by atoms with van der Waals surface area (Å²) in [5.41, 5.74) is 6.41.